The third-order valence-electron chi connectivity index (χ3n) is 6.57. The van der Waals surface area contributed by atoms with Crippen LogP contribution in [0.1, 0.15) is 37.9 Å². The van der Waals surface area contributed by atoms with E-state index in [2.05, 4.69) is 28.7 Å². The number of carboxylic acid groups (broad SMARTS) is 1. The Morgan fingerprint density at radius 1 is 1.00 bits per heavy atom. The molecule has 0 bridgehead atoms. The molecule has 1 aromatic carbocycles. The quantitative estimate of drug-likeness (QED) is 0.405. The Morgan fingerprint density at radius 3 is 2.25 bits per heavy atom. The summed E-state index contributed by atoms with van der Waals surface area (Å²) in [5.74, 6) is -0.0224. The van der Waals surface area contributed by atoms with Crippen molar-refractivity contribution in [3.8, 4) is 22.8 Å². The van der Waals surface area contributed by atoms with E-state index in [1.165, 1.54) is 12.1 Å². The molecule has 0 radical (unpaired) electrons. The molecule has 0 atom stereocenters. The number of piperidine rings is 1. The van der Waals surface area contributed by atoms with Crippen molar-refractivity contribution in [3.63, 3.8) is 0 Å². The van der Waals surface area contributed by atoms with Gasteiger partial charge in [-0.05, 0) is 61.6 Å². The van der Waals surface area contributed by atoms with Gasteiger partial charge in [0.05, 0.1) is 24.0 Å². The number of nitrogens with zero attached hydrogens (tertiary/aromatic N) is 3. The first-order valence-electron chi connectivity index (χ1n) is 12.1. The number of hydrogen-bond acceptors (Lipinski definition) is 6. The minimum Gasteiger partial charge on any atom is -0.490 e. The third-order valence-corrected chi connectivity index (χ3v) is 6.57. The molecule has 3 heterocycles. The molecule has 7 nitrogen and oxygen atoms in total. The fourth-order valence-corrected chi connectivity index (χ4v) is 4.36. The standard InChI is InChI=1S/C28H32FN3O4/c1-19-23(16-26(33)34)27(32-12-10-28(2,3)11-13-32)24(18-30-19)25-9-8-22(17-31-25)36-15-14-35-21-6-4-20(29)5-7-21/h4-9,17-18H,10-16H2,1-3H3,(H,33,34). The van der Waals surface area contributed by atoms with Crippen LogP contribution in [0.25, 0.3) is 11.3 Å². The fourth-order valence-electron chi connectivity index (χ4n) is 4.36. The second-order valence-electron chi connectivity index (χ2n) is 9.84. The topological polar surface area (TPSA) is 84.8 Å². The van der Waals surface area contributed by atoms with Crippen LogP contribution in [0.4, 0.5) is 10.1 Å². The zero-order valence-electron chi connectivity index (χ0n) is 21.0. The van der Waals surface area contributed by atoms with Crippen molar-refractivity contribution in [1.29, 1.82) is 0 Å². The first kappa shape index (κ1) is 25.4. The van der Waals surface area contributed by atoms with Crippen LogP contribution >= 0.6 is 0 Å². The van der Waals surface area contributed by atoms with E-state index in [9.17, 15) is 14.3 Å². The van der Waals surface area contributed by atoms with Crippen molar-refractivity contribution >= 4 is 11.7 Å². The molecule has 1 N–H and O–H groups in total. The van der Waals surface area contributed by atoms with Crippen molar-refractivity contribution < 1.29 is 23.8 Å². The van der Waals surface area contributed by atoms with Crippen molar-refractivity contribution in [2.75, 3.05) is 31.2 Å². The predicted molar refractivity (Wildman–Crippen MR) is 136 cm³/mol. The van der Waals surface area contributed by atoms with E-state index >= 15 is 0 Å². The highest BCUT2D eigenvalue weighted by Crippen LogP contribution is 2.39. The number of aryl methyl sites for hydroxylation is 1. The number of anilines is 1. The van der Waals surface area contributed by atoms with E-state index in [0.717, 1.165) is 48.4 Å². The summed E-state index contributed by atoms with van der Waals surface area (Å²) in [6.07, 6.45) is 5.40. The number of hydrogen-bond donors (Lipinski definition) is 1. The van der Waals surface area contributed by atoms with Crippen molar-refractivity contribution in [1.82, 2.24) is 9.97 Å². The molecule has 8 heteroatoms. The first-order chi connectivity index (χ1) is 17.2. The van der Waals surface area contributed by atoms with E-state index in [1.807, 2.05) is 19.1 Å². The maximum Gasteiger partial charge on any atom is 0.307 e. The summed E-state index contributed by atoms with van der Waals surface area (Å²) in [4.78, 5) is 23.1. The van der Waals surface area contributed by atoms with Crippen LogP contribution in [-0.4, -0.2) is 47.3 Å². The second kappa shape index (κ2) is 10.9. The largest absolute Gasteiger partial charge is 0.490 e. The molecule has 36 heavy (non-hydrogen) atoms. The number of pyridine rings is 2. The maximum absolute atomic E-state index is 13.0. The Kier molecular flexibility index (Phi) is 7.72. The van der Waals surface area contributed by atoms with Crippen molar-refractivity contribution in [2.24, 2.45) is 5.41 Å². The molecule has 1 fully saturated rings. The van der Waals surface area contributed by atoms with Crippen LogP contribution in [0.5, 0.6) is 11.5 Å². The highest BCUT2D eigenvalue weighted by Gasteiger charge is 2.29. The minimum atomic E-state index is -0.879. The number of halogens is 1. The van der Waals surface area contributed by atoms with Crippen molar-refractivity contribution in [2.45, 2.75) is 40.0 Å². The normalized spacial score (nSPS) is 14.9. The third kappa shape index (κ3) is 6.30. The number of ether oxygens (including phenoxy) is 2. The molecular formula is C28H32FN3O4. The summed E-state index contributed by atoms with van der Waals surface area (Å²) in [6.45, 7) is 8.72. The summed E-state index contributed by atoms with van der Waals surface area (Å²) in [5, 5.41) is 9.58. The van der Waals surface area contributed by atoms with Gasteiger partial charge in [-0.3, -0.25) is 14.8 Å². The number of carboxylic acids is 1. The number of aliphatic carboxylic acids is 1. The molecule has 3 aromatic rings. The molecule has 190 valence electrons. The number of aromatic nitrogens is 2. The van der Waals surface area contributed by atoms with Crippen LogP contribution in [0, 0.1) is 18.2 Å². The molecule has 0 aliphatic carbocycles. The molecule has 1 aliphatic rings. The number of benzene rings is 1. The van der Waals surface area contributed by atoms with Crippen LogP contribution in [0.15, 0.2) is 48.8 Å². The minimum absolute atomic E-state index is 0.0862. The van der Waals surface area contributed by atoms with Gasteiger partial charge in [-0.2, -0.15) is 0 Å². The van der Waals surface area contributed by atoms with Crippen molar-refractivity contribution in [3.05, 3.63) is 65.9 Å². The Hall–Kier alpha value is -3.68. The fraction of sp³-hybridized carbons (Fsp3) is 0.393. The van der Waals surface area contributed by atoms with Gasteiger partial charge in [-0.25, -0.2) is 4.39 Å². The average molecular weight is 494 g/mol. The van der Waals surface area contributed by atoms with Crippen LogP contribution < -0.4 is 14.4 Å². The summed E-state index contributed by atoms with van der Waals surface area (Å²) in [5.41, 5.74) is 4.17. The van der Waals surface area contributed by atoms with E-state index in [-0.39, 0.29) is 17.7 Å². The van der Waals surface area contributed by atoms with E-state index in [0.29, 0.717) is 30.4 Å². The highest BCUT2D eigenvalue weighted by atomic mass is 19.1. The molecule has 0 saturated carbocycles. The van der Waals surface area contributed by atoms with Crippen LogP contribution in [0.3, 0.4) is 0 Å². The first-order valence-corrected chi connectivity index (χ1v) is 12.1. The van der Waals surface area contributed by atoms with E-state index in [1.54, 1.807) is 24.5 Å². The lowest BCUT2D eigenvalue weighted by Gasteiger charge is -2.40. The molecule has 1 aliphatic heterocycles. The molecule has 2 aromatic heterocycles. The second-order valence-corrected chi connectivity index (χ2v) is 9.84. The highest BCUT2D eigenvalue weighted by molar-refractivity contribution is 5.83. The van der Waals surface area contributed by atoms with Crippen LogP contribution in [-0.2, 0) is 11.2 Å². The van der Waals surface area contributed by atoms with Gasteiger partial charge in [0.25, 0.3) is 0 Å². The zero-order chi connectivity index (χ0) is 25.7. The smallest absolute Gasteiger partial charge is 0.307 e. The SMILES string of the molecule is Cc1ncc(-c2ccc(OCCOc3ccc(F)cc3)cn2)c(N2CCC(C)(C)CC2)c1CC(=O)O. The Balaban J connectivity index is 1.50. The van der Waals surface area contributed by atoms with Gasteiger partial charge in [-0.15, -0.1) is 0 Å². The Bertz CT molecular complexity index is 1190. The van der Waals surface area contributed by atoms with E-state index < -0.39 is 5.97 Å². The lowest BCUT2D eigenvalue weighted by Crippen LogP contribution is -2.38. The lowest BCUT2D eigenvalue weighted by atomic mass is 9.82. The van der Waals surface area contributed by atoms with Gasteiger partial charge in [0, 0.05) is 36.1 Å². The van der Waals surface area contributed by atoms with Gasteiger partial charge >= 0.3 is 5.97 Å². The maximum atomic E-state index is 13.0. The summed E-state index contributed by atoms with van der Waals surface area (Å²) in [6, 6.07) is 9.53. The summed E-state index contributed by atoms with van der Waals surface area (Å²) < 4.78 is 24.3. The van der Waals surface area contributed by atoms with Gasteiger partial charge in [0.1, 0.15) is 30.5 Å². The summed E-state index contributed by atoms with van der Waals surface area (Å²) in [7, 11) is 0. The van der Waals surface area contributed by atoms with Gasteiger partial charge in [0.15, 0.2) is 0 Å². The van der Waals surface area contributed by atoms with Gasteiger partial charge < -0.3 is 19.5 Å². The molecular weight excluding hydrogens is 461 g/mol. The molecule has 1 saturated heterocycles. The molecule has 0 amide bonds. The van der Waals surface area contributed by atoms with Gasteiger partial charge in [-0.1, -0.05) is 13.8 Å². The number of rotatable bonds is 9. The predicted octanol–water partition coefficient (Wildman–Crippen LogP) is 5.30. The van der Waals surface area contributed by atoms with Gasteiger partial charge in [0.2, 0.25) is 0 Å². The van der Waals surface area contributed by atoms with E-state index in [4.69, 9.17) is 9.47 Å². The summed E-state index contributed by atoms with van der Waals surface area (Å²) >= 11 is 0. The molecule has 4 rings (SSSR count). The molecule has 0 unspecified atom stereocenters. The molecule has 0 spiro atoms. The number of carbonyl (C=O) groups is 1. The average Bonchev–Trinajstić information content (AvgIpc) is 2.85. The Labute approximate surface area is 210 Å². The lowest BCUT2D eigenvalue weighted by molar-refractivity contribution is -0.136. The Morgan fingerprint density at radius 2 is 1.64 bits per heavy atom. The monoisotopic (exact) mass is 493 g/mol. The van der Waals surface area contributed by atoms with Crippen LogP contribution in [0.2, 0.25) is 0 Å². The zero-order valence-corrected chi connectivity index (χ0v) is 21.0.